The van der Waals surface area contributed by atoms with Gasteiger partial charge in [-0.15, -0.1) is 10.2 Å². The van der Waals surface area contributed by atoms with Crippen molar-refractivity contribution in [3.8, 4) is 10.6 Å². The number of likely N-dealkylation sites (tertiary alicyclic amines) is 1. The lowest BCUT2D eigenvalue weighted by Gasteiger charge is -2.30. The highest BCUT2D eigenvalue weighted by molar-refractivity contribution is 7.14. The van der Waals surface area contributed by atoms with Crippen LogP contribution in [0, 0.1) is 0 Å². The molecular formula is C23H33N3O2S. The zero-order valence-corrected chi connectivity index (χ0v) is 18.5. The molecule has 0 amide bonds. The summed E-state index contributed by atoms with van der Waals surface area (Å²) < 4.78 is 4.75. The average molecular weight is 416 g/mol. The van der Waals surface area contributed by atoms with Gasteiger partial charge in [-0.25, -0.2) is 4.79 Å². The molecule has 0 radical (unpaired) electrons. The van der Waals surface area contributed by atoms with Crippen LogP contribution in [-0.4, -0.2) is 47.8 Å². The summed E-state index contributed by atoms with van der Waals surface area (Å²) in [5, 5.41) is 10.9. The first-order chi connectivity index (χ1) is 14.2. The van der Waals surface area contributed by atoms with E-state index in [9.17, 15) is 4.79 Å². The Bertz CT molecular complexity index is 752. The molecule has 29 heavy (non-hydrogen) atoms. The van der Waals surface area contributed by atoms with Crippen LogP contribution < -0.4 is 0 Å². The van der Waals surface area contributed by atoms with Crippen molar-refractivity contribution < 1.29 is 9.53 Å². The first kappa shape index (κ1) is 21.9. The Balaban J connectivity index is 1.45. The van der Waals surface area contributed by atoms with Crippen LogP contribution >= 0.6 is 11.3 Å². The van der Waals surface area contributed by atoms with Gasteiger partial charge in [0.05, 0.1) is 12.7 Å². The number of methoxy groups -OCH3 is 1. The van der Waals surface area contributed by atoms with Crippen molar-refractivity contribution in [2.24, 2.45) is 0 Å². The van der Waals surface area contributed by atoms with E-state index in [1.165, 1.54) is 78.1 Å². The van der Waals surface area contributed by atoms with Gasteiger partial charge in [0.2, 0.25) is 0 Å². The van der Waals surface area contributed by atoms with Crippen molar-refractivity contribution in [1.29, 1.82) is 0 Å². The number of hydrogen-bond acceptors (Lipinski definition) is 6. The van der Waals surface area contributed by atoms with Crippen molar-refractivity contribution in [3.05, 3.63) is 34.8 Å². The minimum Gasteiger partial charge on any atom is -0.465 e. The van der Waals surface area contributed by atoms with Crippen molar-refractivity contribution in [1.82, 2.24) is 15.1 Å². The molecule has 1 fully saturated rings. The number of piperidine rings is 1. The van der Waals surface area contributed by atoms with E-state index in [1.807, 2.05) is 12.1 Å². The molecule has 5 nitrogen and oxygen atoms in total. The molecule has 1 aromatic carbocycles. The summed E-state index contributed by atoms with van der Waals surface area (Å²) in [4.78, 5) is 14.2. The number of benzene rings is 1. The van der Waals surface area contributed by atoms with Gasteiger partial charge in [0.15, 0.2) is 0 Å². The number of unbranched alkanes of at least 4 members (excludes halogenated alkanes) is 5. The zero-order chi connectivity index (χ0) is 20.5. The lowest BCUT2D eigenvalue weighted by Crippen LogP contribution is -2.33. The van der Waals surface area contributed by atoms with Crippen molar-refractivity contribution >= 4 is 17.3 Å². The van der Waals surface area contributed by atoms with Crippen LogP contribution in [0.5, 0.6) is 0 Å². The molecule has 6 heteroatoms. The van der Waals surface area contributed by atoms with Gasteiger partial charge in [0.25, 0.3) is 0 Å². The van der Waals surface area contributed by atoms with Gasteiger partial charge in [-0.05, 0) is 51.0 Å². The van der Waals surface area contributed by atoms with E-state index in [0.29, 0.717) is 11.5 Å². The highest BCUT2D eigenvalue weighted by atomic mass is 32.1. The predicted molar refractivity (Wildman–Crippen MR) is 118 cm³/mol. The van der Waals surface area contributed by atoms with Gasteiger partial charge in [-0.3, -0.25) is 0 Å². The van der Waals surface area contributed by atoms with Crippen LogP contribution in [0.2, 0.25) is 0 Å². The summed E-state index contributed by atoms with van der Waals surface area (Å²) in [7, 11) is 1.40. The molecule has 1 aliphatic rings. The third-order valence-corrected chi connectivity index (χ3v) is 6.89. The standard InChI is InChI=1S/C23H33N3O2S/c1-3-4-5-6-7-8-15-26-16-13-19(14-17-26)22-25-24-21(29-22)18-9-11-20(12-10-18)23(27)28-2/h9-12,19H,3-8,13-17H2,1-2H3. The molecule has 0 aliphatic carbocycles. The molecule has 2 aromatic rings. The molecule has 0 unspecified atom stereocenters. The second kappa shape index (κ2) is 11.4. The molecule has 0 saturated carbocycles. The molecule has 1 aromatic heterocycles. The molecule has 0 atom stereocenters. The van der Waals surface area contributed by atoms with E-state index in [4.69, 9.17) is 4.74 Å². The number of carbonyl (C=O) groups excluding carboxylic acids is 1. The molecule has 0 bridgehead atoms. The largest absolute Gasteiger partial charge is 0.465 e. The maximum Gasteiger partial charge on any atom is 0.337 e. The number of esters is 1. The monoisotopic (exact) mass is 415 g/mol. The van der Waals surface area contributed by atoms with Crippen LogP contribution in [0.25, 0.3) is 10.6 Å². The third-order valence-electron chi connectivity index (χ3n) is 5.76. The Kier molecular flexibility index (Phi) is 8.62. The Hall–Kier alpha value is -1.79. The van der Waals surface area contributed by atoms with Crippen LogP contribution in [0.4, 0.5) is 0 Å². The molecule has 3 rings (SSSR count). The molecule has 2 heterocycles. The fourth-order valence-corrected chi connectivity index (χ4v) is 4.92. The van der Waals surface area contributed by atoms with Crippen LogP contribution in [0.15, 0.2) is 24.3 Å². The van der Waals surface area contributed by atoms with E-state index >= 15 is 0 Å². The van der Waals surface area contributed by atoms with E-state index in [0.717, 1.165) is 15.6 Å². The summed E-state index contributed by atoms with van der Waals surface area (Å²) in [6, 6.07) is 7.39. The normalized spacial score (nSPS) is 15.5. The third kappa shape index (κ3) is 6.34. The number of rotatable bonds is 10. The first-order valence-electron chi connectivity index (χ1n) is 11.0. The molecule has 158 valence electrons. The Morgan fingerprint density at radius 3 is 2.45 bits per heavy atom. The average Bonchev–Trinajstić information content (AvgIpc) is 3.26. The summed E-state index contributed by atoms with van der Waals surface area (Å²) in [6.45, 7) is 5.85. The van der Waals surface area contributed by atoms with Gasteiger partial charge in [-0.1, -0.05) is 62.5 Å². The Morgan fingerprint density at radius 1 is 1.07 bits per heavy atom. The van der Waals surface area contributed by atoms with E-state index < -0.39 is 0 Å². The van der Waals surface area contributed by atoms with Crippen molar-refractivity contribution in [2.45, 2.75) is 64.2 Å². The van der Waals surface area contributed by atoms with Crippen LogP contribution in [-0.2, 0) is 4.74 Å². The number of carbonyl (C=O) groups is 1. The maximum atomic E-state index is 11.6. The van der Waals surface area contributed by atoms with Crippen molar-refractivity contribution in [2.75, 3.05) is 26.7 Å². The topological polar surface area (TPSA) is 55.3 Å². The van der Waals surface area contributed by atoms with Gasteiger partial charge >= 0.3 is 5.97 Å². The maximum absolute atomic E-state index is 11.6. The van der Waals surface area contributed by atoms with Gasteiger partial charge in [0, 0.05) is 11.5 Å². The number of nitrogens with zero attached hydrogens (tertiary/aromatic N) is 3. The zero-order valence-electron chi connectivity index (χ0n) is 17.7. The van der Waals surface area contributed by atoms with E-state index in [1.54, 1.807) is 23.5 Å². The fraction of sp³-hybridized carbons (Fsp3) is 0.609. The number of ether oxygens (including phenoxy) is 1. The highest BCUT2D eigenvalue weighted by Crippen LogP contribution is 2.33. The highest BCUT2D eigenvalue weighted by Gasteiger charge is 2.23. The first-order valence-corrected chi connectivity index (χ1v) is 11.8. The minimum atomic E-state index is -0.317. The minimum absolute atomic E-state index is 0.317. The second-order valence-corrected chi connectivity index (χ2v) is 8.91. The van der Waals surface area contributed by atoms with Gasteiger partial charge < -0.3 is 9.64 Å². The van der Waals surface area contributed by atoms with E-state index in [2.05, 4.69) is 22.0 Å². The van der Waals surface area contributed by atoms with Gasteiger partial charge in [-0.2, -0.15) is 0 Å². The SMILES string of the molecule is CCCCCCCCN1CCC(c2nnc(-c3ccc(C(=O)OC)cc3)s2)CC1. The summed E-state index contributed by atoms with van der Waals surface area (Å²) in [5.41, 5.74) is 1.56. The predicted octanol–water partition coefficient (Wildman–Crippen LogP) is 5.53. The van der Waals surface area contributed by atoms with Gasteiger partial charge in [0.1, 0.15) is 10.0 Å². The molecular weight excluding hydrogens is 382 g/mol. The number of aromatic nitrogens is 2. The van der Waals surface area contributed by atoms with Crippen LogP contribution in [0.3, 0.4) is 0 Å². The van der Waals surface area contributed by atoms with Crippen molar-refractivity contribution in [3.63, 3.8) is 0 Å². The Morgan fingerprint density at radius 2 is 1.76 bits per heavy atom. The lowest BCUT2D eigenvalue weighted by atomic mass is 9.97. The smallest absolute Gasteiger partial charge is 0.337 e. The second-order valence-electron chi connectivity index (χ2n) is 7.90. The summed E-state index contributed by atoms with van der Waals surface area (Å²) in [6.07, 6.45) is 10.5. The fourth-order valence-electron chi connectivity index (χ4n) is 3.90. The Labute approximate surface area is 178 Å². The summed E-state index contributed by atoms with van der Waals surface area (Å²) >= 11 is 1.69. The molecule has 0 spiro atoms. The molecule has 1 aliphatic heterocycles. The van der Waals surface area contributed by atoms with E-state index in [-0.39, 0.29) is 5.97 Å². The molecule has 1 saturated heterocycles. The van der Waals surface area contributed by atoms with Crippen LogP contribution in [0.1, 0.15) is 79.6 Å². The number of hydrogen-bond donors (Lipinski definition) is 0. The lowest BCUT2D eigenvalue weighted by molar-refractivity contribution is 0.0601. The quantitative estimate of drug-likeness (QED) is 0.377. The summed E-state index contributed by atoms with van der Waals surface area (Å²) in [5.74, 6) is 0.207. The molecule has 0 N–H and O–H groups in total.